The molecule has 2 aliphatic carbocycles. The van der Waals surface area contributed by atoms with Gasteiger partial charge in [-0.15, -0.1) is 0 Å². The number of ether oxygens (including phenoxy) is 2. The van der Waals surface area contributed by atoms with Gasteiger partial charge in [-0.2, -0.15) is 0 Å². The van der Waals surface area contributed by atoms with E-state index in [0.717, 1.165) is 36.9 Å². The number of fused-ring (bicyclic) bond motifs is 3. The van der Waals surface area contributed by atoms with Crippen LogP contribution in [-0.4, -0.2) is 28.8 Å². The molecule has 4 rings (SSSR count). The first kappa shape index (κ1) is 14.5. The summed E-state index contributed by atoms with van der Waals surface area (Å²) in [6.45, 7) is 8.27. The molecule has 1 aliphatic heterocycles. The average Bonchev–Trinajstić information content (AvgIpc) is 3.05. The molecule has 0 radical (unpaired) electrons. The zero-order valence-corrected chi connectivity index (χ0v) is 14.0. The monoisotopic (exact) mass is 306 g/mol. The highest BCUT2D eigenvalue weighted by Gasteiger charge is 2.63. The van der Waals surface area contributed by atoms with Gasteiger partial charge in [0.2, 0.25) is 0 Å². The fourth-order valence-corrected chi connectivity index (χ4v) is 5.52. The molecular weight excluding hydrogens is 280 g/mol. The van der Waals surface area contributed by atoms with E-state index in [4.69, 9.17) is 9.47 Å². The molecule has 1 aromatic heterocycles. The summed E-state index contributed by atoms with van der Waals surface area (Å²) in [5, 5.41) is 3.34. The average molecular weight is 306 g/mol. The van der Waals surface area contributed by atoms with Crippen LogP contribution in [0.1, 0.15) is 51.3 Å². The molecular formula is C17H26N2O3. The fourth-order valence-electron chi connectivity index (χ4n) is 5.52. The highest BCUT2D eigenvalue weighted by molar-refractivity contribution is 5.33. The van der Waals surface area contributed by atoms with Gasteiger partial charge in [-0.3, -0.25) is 14.6 Å². The third kappa shape index (κ3) is 1.54. The Morgan fingerprint density at radius 2 is 1.86 bits per heavy atom. The Labute approximate surface area is 131 Å². The number of aryl methyl sites for hydroxylation is 1. The number of rotatable bonds is 0. The maximum absolute atomic E-state index is 12.3. The molecule has 5 heteroatoms. The van der Waals surface area contributed by atoms with Crippen LogP contribution in [0.5, 0.6) is 0 Å². The molecule has 0 bridgehead atoms. The van der Waals surface area contributed by atoms with Crippen molar-refractivity contribution in [1.82, 2.24) is 9.78 Å². The minimum atomic E-state index is -0.441. The first-order valence-corrected chi connectivity index (χ1v) is 8.38. The summed E-state index contributed by atoms with van der Waals surface area (Å²) >= 11 is 0. The second kappa shape index (κ2) is 4.26. The summed E-state index contributed by atoms with van der Waals surface area (Å²) in [7, 11) is 1.82. The van der Waals surface area contributed by atoms with Crippen LogP contribution in [-0.2, 0) is 28.4 Å². The molecule has 1 spiro atoms. The van der Waals surface area contributed by atoms with Crippen LogP contribution in [0.4, 0.5) is 0 Å². The fraction of sp³-hybridized carbons (Fsp3) is 0.824. The van der Waals surface area contributed by atoms with Crippen LogP contribution in [0.25, 0.3) is 0 Å². The van der Waals surface area contributed by atoms with Gasteiger partial charge in [0.05, 0.1) is 13.2 Å². The second-order valence-electron chi connectivity index (χ2n) is 8.01. The van der Waals surface area contributed by atoms with E-state index in [0.29, 0.717) is 19.1 Å². The van der Waals surface area contributed by atoms with E-state index in [1.54, 1.807) is 4.68 Å². The van der Waals surface area contributed by atoms with Gasteiger partial charge in [-0.1, -0.05) is 20.8 Å². The standard InChI is InChI=1S/C17H26N2O3/c1-15(2)12-6-5-11-13(18-19(4)14(11)20)16(12,3)7-8-17(15)21-9-10-22-17/h12,18H,5-10H2,1-4H3/t12-,16-/m0/s1. The Morgan fingerprint density at radius 1 is 1.18 bits per heavy atom. The first-order chi connectivity index (χ1) is 10.3. The van der Waals surface area contributed by atoms with Crippen LogP contribution in [0.3, 0.4) is 0 Å². The molecule has 3 aliphatic rings. The summed E-state index contributed by atoms with van der Waals surface area (Å²) in [4.78, 5) is 12.3. The zero-order valence-electron chi connectivity index (χ0n) is 14.0. The highest BCUT2D eigenvalue weighted by Crippen LogP contribution is 2.61. The van der Waals surface area contributed by atoms with Gasteiger partial charge < -0.3 is 9.47 Å². The van der Waals surface area contributed by atoms with Gasteiger partial charge in [0.1, 0.15) is 0 Å². The summed E-state index contributed by atoms with van der Waals surface area (Å²) in [5.41, 5.74) is 2.21. The molecule has 5 nitrogen and oxygen atoms in total. The Bertz CT molecular complexity index is 666. The number of nitrogens with one attached hydrogen (secondary N) is 1. The molecule has 22 heavy (non-hydrogen) atoms. The van der Waals surface area contributed by atoms with Crippen molar-refractivity contribution in [2.75, 3.05) is 13.2 Å². The van der Waals surface area contributed by atoms with Gasteiger partial charge in [-0.05, 0) is 25.2 Å². The van der Waals surface area contributed by atoms with Crippen LogP contribution in [0, 0.1) is 11.3 Å². The van der Waals surface area contributed by atoms with Gasteiger partial charge in [0.25, 0.3) is 5.56 Å². The molecule has 2 heterocycles. The van der Waals surface area contributed by atoms with Crippen molar-refractivity contribution in [2.45, 2.75) is 57.7 Å². The molecule has 0 aromatic carbocycles. The molecule has 2 fully saturated rings. The lowest BCUT2D eigenvalue weighted by Gasteiger charge is -2.59. The minimum absolute atomic E-state index is 0.00192. The van der Waals surface area contributed by atoms with Gasteiger partial charge in [0.15, 0.2) is 5.79 Å². The summed E-state index contributed by atoms with van der Waals surface area (Å²) in [6.07, 6.45) is 3.76. The predicted octanol–water partition coefficient (Wildman–Crippen LogP) is 2.10. The number of nitrogens with zero attached hydrogens (tertiary/aromatic N) is 1. The Hall–Kier alpha value is -1.07. The van der Waals surface area contributed by atoms with Crippen molar-refractivity contribution in [3.05, 3.63) is 21.6 Å². The van der Waals surface area contributed by atoms with Gasteiger partial charge >= 0.3 is 0 Å². The summed E-state index contributed by atoms with van der Waals surface area (Å²) in [5.74, 6) is 0.00132. The lowest BCUT2D eigenvalue weighted by Crippen LogP contribution is -2.61. The summed E-state index contributed by atoms with van der Waals surface area (Å²) < 4.78 is 13.9. The van der Waals surface area contributed by atoms with E-state index in [9.17, 15) is 4.79 Å². The van der Waals surface area contributed by atoms with Crippen molar-refractivity contribution in [3.63, 3.8) is 0 Å². The predicted molar refractivity (Wildman–Crippen MR) is 82.8 cm³/mol. The van der Waals surface area contributed by atoms with Crippen molar-refractivity contribution in [1.29, 1.82) is 0 Å². The number of aromatic amines is 1. The maximum Gasteiger partial charge on any atom is 0.269 e. The molecule has 1 aromatic rings. The lowest BCUT2D eigenvalue weighted by molar-refractivity contribution is -0.276. The molecule has 1 saturated carbocycles. The number of aromatic nitrogens is 2. The summed E-state index contributed by atoms with van der Waals surface area (Å²) in [6, 6.07) is 0. The zero-order chi connectivity index (χ0) is 15.8. The van der Waals surface area contributed by atoms with E-state index in [1.165, 1.54) is 0 Å². The van der Waals surface area contributed by atoms with Crippen LogP contribution in [0.15, 0.2) is 4.79 Å². The highest BCUT2D eigenvalue weighted by atomic mass is 16.7. The number of hydrogen-bond acceptors (Lipinski definition) is 3. The second-order valence-corrected chi connectivity index (χ2v) is 8.01. The molecule has 1 saturated heterocycles. The van der Waals surface area contributed by atoms with E-state index in [1.807, 2.05) is 7.05 Å². The van der Waals surface area contributed by atoms with Crippen molar-refractivity contribution in [2.24, 2.45) is 18.4 Å². The SMILES string of the molecule is Cn1[nH]c2c(c1=O)CC[C@H]1C(C)(C)C3(CC[C@]21C)OCCO3. The first-order valence-electron chi connectivity index (χ1n) is 8.38. The number of H-pyrrole nitrogens is 1. The normalized spacial score (nSPS) is 35.4. The van der Waals surface area contributed by atoms with Crippen molar-refractivity contribution < 1.29 is 9.47 Å². The smallest absolute Gasteiger partial charge is 0.269 e. The Morgan fingerprint density at radius 3 is 2.55 bits per heavy atom. The third-order valence-electron chi connectivity index (χ3n) is 6.75. The van der Waals surface area contributed by atoms with Gasteiger partial charge in [0, 0.05) is 35.6 Å². The molecule has 0 amide bonds. The largest absolute Gasteiger partial charge is 0.347 e. The Balaban J connectivity index is 1.83. The van der Waals surface area contributed by atoms with Crippen LogP contribution in [0.2, 0.25) is 0 Å². The number of hydrogen-bond donors (Lipinski definition) is 1. The molecule has 1 N–H and O–H groups in total. The van der Waals surface area contributed by atoms with Crippen molar-refractivity contribution >= 4 is 0 Å². The third-order valence-corrected chi connectivity index (χ3v) is 6.75. The van der Waals surface area contributed by atoms with E-state index < -0.39 is 5.79 Å². The van der Waals surface area contributed by atoms with E-state index in [2.05, 4.69) is 25.9 Å². The topological polar surface area (TPSA) is 56.2 Å². The van der Waals surface area contributed by atoms with Gasteiger partial charge in [-0.25, -0.2) is 0 Å². The van der Waals surface area contributed by atoms with Crippen LogP contribution >= 0.6 is 0 Å². The Kier molecular flexibility index (Phi) is 2.81. The van der Waals surface area contributed by atoms with Crippen molar-refractivity contribution in [3.8, 4) is 0 Å². The maximum atomic E-state index is 12.3. The molecule has 2 atom stereocenters. The quantitative estimate of drug-likeness (QED) is 0.798. The van der Waals surface area contributed by atoms with E-state index in [-0.39, 0.29) is 16.4 Å². The molecule has 122 valence electrons. The molecule has 0 unspecified atom stereocenters. The lowest BCUT2D eigenvalue weighted by atomic mass is 9.49. The van der Waals surface area contributed by atoms with Crippen LogP contribution < -0.4 is 5.56 Å². The minimum Gasteiger partial charge on any atom is -0.347 e. The van der Waals surface area contributed by atoms with E-state index >= 15 is 0 Å².